The smallest absolute Gasteiger partial charge is 0.267 e. The van der Waals surface area contributed by atoms with Crippen LogP contribution in [0, 0.1) is 6.92 Å². The van der Waals surface area contributed by atoms with E-state index >= 15 is 0 Å². The van der Waals surface area contributed by atoms with E-state index < -0.39 is 0 Å². The Balaban J connectivity index is 1.21. The van der Waals surface area contributed by atoms with Crippen molar-refractivity contribution in [2.45, 2.75) is 52.0 Å². The molecule has 2 aliphatic carbocycles. The number of piperazine rings is 1. The van der Waals surface area contributed by atoms with E-state index in [-0.39, 0.29) is 5.56 Å². The first kappa shape index (κ1) is 17.8. The average molecular weight is 380 g/mol. The molecule has 3 heterocycles. The molecular weight excluding hydrogens is 352 g/mol. The van der Waals surface area contributed by atoms with E-state index in [1.165, 1.54) is 17.7 Å². The lowest BCUT2D eigenvalue weighted by Gasteiger charge is -2.36. The summed E-state index contributed by atoms with van der Waals surface area (Å²) in [6.45, 7) is 7.51. The molecule has 0 saturated carbocycles. The van der Waals surface area contributed by atoms with Gasteiger partial charge in [-0.15, -0.1) is 0 Å². The van der Waals surface area contributed by atoms with Gasteiger partial charge in [0, 0.05) is 50.0 Å². The zero-order valence-corrected chi connectivity index (χ0v) is 16.7. The summed E-state index contributed by atoms with van der Waals surface area (Å²) in [4.78, 5) is 26.6. The highest BCUT2D eigenvalue weighted by Gasteiger charge is 2.25. The van der Waals surface area contributed by atoms with Crippen molar-refractivity contribution in [2.75, 3.05) is 37.6 Å². The third-order valence-electron chi connectivity index (χ3n) is 6.35. The van der Waals surface area contributed by atoms with Crippen LogP contribution in [0.4, 0.5) is 5.82 Å². The molecule has 3 aliphatic rings. The van der Waals surface area contributed by atoms with Gasteiger partial charge in [-0.1, -0.05) is 0 Å². The molecule has 28 heavy (non-hydrogen) atoms. The molecule has 0 spiro atoms. The van der Waals surface area contributed by atoms with Crippen molar-refractivity contribution in [1.29, 1.82) is 0 Å². The number of aromatic nitrogens is 4. The molecule has 1 saturated heterocycles. The molecule has 7 nitrogen and oxygen atoms in total. The third-order valence-corrected chi connectivity index (χ3v) is 6.35. The molecule has 2 aromatic heterocycles. The summed E-state index contributed by atoms with van der Waals surface area (Å²) in [7, 11) is 0. The number of nitrogens with zero attached hydrogens (tertiary/aromatic N) is 6. The Bertz CT molecular complexity index is 945. The summed E-state index contributed by atoms with van der Waals surface area (Å²) in [5, 5.41) is 4.60. The van der Waals surface area contributed by atoms with Crippen molar-refractivity contribution >= 4 is 5.82 Å². The molecule has 0 N–H and O–H groups in total. The van der Waals surface area contributed by atoms with Gasteiger partial charge < -0.3 is 4.90 Å². The van der Waals surface area contributed by atoms with E-state index in [2.05, 4.69) is 19.9 Å². The lowest BCUT2D eigenvalue weighted by Crippen LogP contribution is -2.48. The van der Waals surface area contributed by atoms with Crippen molar-refractivity contribution in [3.05, 3.63) is 44.8 Å². The average Bonchev–Trinajstić information content (AvgIpc) is 3.34. The number of rotatable bonds is 4. The Kier molecular flexibility index (Phi) is 4.62. The van der Waals surface area contributed by atoms with Crippen LogP contribution < -0.4 is 10.5 Å². The molecule has 0 atom stereocenters. The largest absolute Gasteiger partial charge is 0.354 e. The third kappa shape index (κ3) is 3.32. The van der Waals surface area contributed by atoms with Crippen LogP contribution in [0.5, 0.6) is 0 Å². The highest BCUT2D eigenvalue weighted by atomic mass is 16.1. The van der Waals surface area contributed by atoms with Gasteiger partial charge in [0.2, 0.25) is 0 Å². The van der Waals surface area contributed by atoms with Gasteiger partial charge in [0.05, 0.1) is 12.2 Å². The molecule has 1 aliphatic heterocycles. The second kappa shape index (κ2) is 7.28. The molecule has 0 aromatic carbocycles. The molecule has 5 rings (SSSR count). The van der Waals surface area contributed by atoms with E-state index in [1.807, 2.05) is 6.92 Å². The monoisotopic (exact) mass is 380 g/mol. The van der Waals surface area contributed by atoms with E-state index in [0.717, 1.165) is 87.7 Å². The summed E-state index contributed by atoms with van der Waals surface area (Å²) in [6.07, 6.45) is 6.54. The minimum atomic E-state index is 0.0475. The maximum atomic E-state index is 12.3. The fourth-order valence-corrected chi connectivity index (χ4v) is 4.81. The lowest BCUT2D eigenvalue weighted by molar-refractivity contribution is 0.242. The minimum Gasteiger partial charge on any atom is -0.354 e. The summed E-state index contributed by atoms with van der Waals surface area (Å²) < 4.78 is 1.66. The molecule has 1 fully saturated rings. The second-order valence-electron chi connectivity index (χ2n) is 8.23. The van der Waals surface area contributed by atoms with Crippen LogP contribution in [0.15, 0.2) is 10.9 Å². The minimum absolute atomic E-state index is 0.0475. The first-order chi connectivity index (χ1) is 13.7. The van der Waals surface area contributed by atoms with Gasteiger partial charge in [0.1, 0.15) is 11.6 Å². The fourth-order valence-electron chi connectivity index (χ4n) is 4.81. The van der Waals surface area contributed by atoms with E-state index in [4.69, 9.17) is 4.98 Å². The highest BCUT2D eigenvalue weighted by molar-refractivity contribution is 5.51. The van der Waals surface area contributed by atoms with Crippen LogP contribution in [0.2, 0.25) is 0 Å². The zero-order chi connectivity index (χ0) is 19.1. The molecule has 0 bridgehead atoms. The predicted octanol–water partition coefficient (Wildman–Crippen LogP) is 1.14. The SMILES string of the molecule is Cc1nc2c(c(N3CCN(CCn4nc5c(cc4=O)CCC5)CC3)n1)CCC2. The van der Waals surface area contributed by atoms with E-state index in [9.17, 15) is 4.79 Å². The zero-order valence-electron chi connectivity index (χ0n) is 16.7. The highest BCUT2D eigenvalue weighted by Crippen LogP contribution is 2.29. The van der Waals surface area contributed by atoms with Gasteiger partial charge in [-0.2, -0.15) is 5.10 Å². The summed E-state index contributed by atoms with van der Waals surface area (Å²) in [5.74, 6) is 2.05. The van der Waals surface area contributed by atoms with Gasteiger partial charge in [0.15, 0.2) is 0 Å². The van der Waals surface area contributed by atoms with Crippen LogP contribution in [-0.2, 0) is 32.2 Å². The second-order valence-corrected chi connectivity index (χ2v) is 8.23. The first-order valence-corrected chi connectivity index (χ1v) is 10.6. The molecule has 148 valence electrons. The van der Waals surface area contributed by atoms with Crippen molar-refractivity contribution in [3.8, 4) is 0 Å². The Morgan fingerprint density at radius 3 is 2.57 bits per heavy atom. The van der Waals surface area contributed by atoms with Gasteiger partial charge in [-0.05, 0) is 51.0 Å². The van der Waals surface area contributed by atoms with E-state index in [0.29, 0.717) is 6.54 Å². The van der Waals surface area contributed by atoms with Crippen molar-refractivity contribution in [1.82, 2.24) is 24.6 Å². The maximum absolute atomic E-state index is 12.3. The molecular formula is C21H28N6O. The van der Waals surface area contributed by atoms with Gasteiger partial charge >= 0.3 is 0 Å². The molecule has 0 unspecified atom stereocenters. The van der Waals surface area contributed by atoms with Gasteiger partial charge in [-0.3, -0.25) is 9.69 Å². The summed E-state index contributed by atoms with van der Waals surface area (Å²) >= 11 is 0. The topological polar surface area (TPSA) is 67.2 Å². The number of hydrogen-bond donors (Lipinski definition) is 0. The van der Waals surface area contributed by atoms with Gasteiger partial charge in [-0.25, -0.2) is 14.6 Å². The Labute approximate surface area is 165 Å². The Morgan fingerprint density at radius 2 is 1.71 bits per heavy atom. The molecule has 2 aromatic rings. The number of fused-ring (bicyclic) bond motifs is 2. The quantitative estimate of drug-likeness (QED) is 0.793. The van der Waals surface area contributed by atoms with Crippen LogP contribution in [0.1, 0.15) is 41.2 Å². The van der Waals surface area contributed by atoms with Gasteiger partial charge in [0.25, 0.3) is 5.56 Å². The van der Waals surface area contributed by atoms with Crippen LogP contribution >= 0.6 is 0 Å². The summed E-state index contributed by atoms with van der Waals surface area (Å²) in [5.41, 5.74) is 4.95. The van der Waals surface area contributed by atoms with Crippen LogP contribution in [0.3, 0.4) is 0 Å². The Morgan fingerprint density at radius 1 is 0.929 bits per heavy atom. The fraction of sp³-hybridized carbons (Fsp3) is 0.619. The Hall–Kier alpha value is -2.28. The van der Waals surface area contributed by atoms with Crippen molar-refractivity contribution < 1.29 is 0 Å². The van der Waals surface area contributed by atoms with Crippen LogP contribution in [-0.4, -0.2) is 57.4 Å². The van der Waals surface area contributed by atoms with E-state index in [1.54, 1.807) is 10.7 Å². The summed E-state index contributed by atoms with van der Waals surface area (Å²) in [6, 6.07) is 1.80. The standard InChI is InChI=1S/C21H28N6O/c1-15-22-19-7-3-5-17(19)21(23-15)26-11-8-25(9-12-26)10-13-27-20(28)14-16-4-2-6-18(16)24-27/h14H,2-13H2,1H3. The first-order valence-electron chi connectivity index (χ1n) is 10.6. The maximum Gasteiger partial charge on any atom is 0.267 e. The number of hydrogen-bond acceptors (Lipinski definition) is 6. The van der Waals surface area contributed by atoms with Crippen molar-refractivity contribution in [3.63, 3.8) is 0 Å². The number of aryl methyl sites for hydroxylation is 4. The molecule has 0 amide bonds. The predicted molar refractivity (Wildman–Crippen MR) is 108 cm³/mol. The molecule has 7 heteroatoms. The molecule has 0 radical (unpaired) electrons. The van der Waals surface area contributed by atoms with Crippen molar-refractivity contribution in [2.24, 2.45) is 0 Å². The number of anilines is 1. The van der Waals surface area contributed by atoms with Crippen LogP contribution in [0.25, 0.3) is 0 Å². The normalized spacial score (nSPS) is 19.1. The lowest BCUT2D eigenvalue weighted by atomic mass is 10.2.